The lowest BCUT2D eigenvalue weighted by Crippen LogP contribution is -2.25. The summed E-state index contributed by atoms with van der Waals surface area (Å²) in [5.74, 6) is 0.496. The van der Waals surface area contributed by atoms with Crippen molar-refractivity contribution in [3.63, 3.8) is 0 Å². The Balaban J connectivity index is 1.41. The fourth-order valence-corrected chi connectivity index (χ4v) is 3.09. The van der Waals surface area contributed by atoms with E-state index in [1.54, 1.807) is 54.6 Å². The molecule has 0 radical (unpaired) electrons. The highest BCUT2D eigenvalue weighted by Crippen LogP contribution is 2.18. The summed E-state index contributed by atoms with van der Waals surface area (Å²) >= 11 is 1.37. The number of rotatable bonds is 9. The summed E-state index contributed by atoms with van der Waals surface area (Å²) in [6, 6.07) is 16.9. The van der Waals surface area contributed by atoms with E-state index in [0.29, 0.717) is 27.6 Å². The van der Waals surface area contributed by atoms with Crippen LogP contribution in [0.2, 0.25) is 0 Å². The zero-order valence-electron chi connectivity index (χ0n) is 16.2. The van der Waals surface area contributed by atoms with Crippen molar-refractivity contribution in [2.24, 2.45) is 0 Å². The zero-order valence-corrected chi connectivity index (χ0v) is 17.1. The van der Waals surface area contributed by atoms with E-state index in [0.717, 1.165) is 0 Å². The molecule has 156 valence electrons. The molecule has 0 saturated carbocycles. The van der Waals surface area contributed by atoms with Gasteiger partial charge in [-0.25, -0.2) is 4.79 Å². The minimum Gasteiger partial charge on any atom is -0.491 e. The molecule has 0 spiro atoms. The highest BCUT2D eigenvalue weighted by molar-refractivity contribution is 7.12. The number of amides is 1. The van der Waals surface area contributed by atoms with Crippen LogP contribution in [0.3, 0.4) is 0 Å². The zero-order chi connectivity index (χ0) is 21.3. The molecular formula is C22H21NO6S. The molecule has 7 nitrogen and oxygen atoms in total. The van der Waals surface area contributed by atoms with Crippen LogP contribution in [0.5, 0.6) is 11.5 Å². The second-order valence-electron chi connectivity index (χ2n) is 6.25. The van der Waals surface area contributed by atoms with E-state index in [1.165, 1.54) is 18.4 Å². The Bertz CT molecular complexity index is 954. The number of hydrogen-bond donors (Lipinski definition) is 2. The maximum Gasteiger partial charge on any atom is 0.337 e. The van der Waals surface area contributed by atoms with E-state index < -0.39 is 12.1 Å². The van der Waals surface area contributed by atoms with Crippen LogP contribution in [0.25, 0.3) is 0 Å². The van der Waals surface area contributed by atoms with E-state index >= 15 is 0 Å². The molecule has 0 aliphatic carbocycles. The number of anilines is 1. The van der Waals surface area contributed by atoms with Crippen LogP contribution in [0.1, 0.15) is 20.0 Å². The summed E-state index contributed by atoms with van der Waals surface area (Å²) in [5, 5.41) is 14.7. The van der Waals surface area contributed by atoms with Gasteiger partial charge in [0, 0.05) is 5.69 Å². The van der Waals surface area contributed by atoms with Gasteiger partial charge in [-0.05, 0) is 60.0 Å². The Hall–Kier alpha value is -3.36. The molecule has 3 aromatic rings. The SMILES string of the molecule is COC(=O)c1ccc(OC[C@@H](O)COc2ccc(NC(=O)c3cccs3)cc2)cc1. The van der Waals surface area contributed by atoms with Crippen molar-refractivity contribution in [2.75, 3.05) is 25.6 Å². The Morgan fingerprint density at radius 3 is 2.10 bits per heavy atom. The van der Waals surface area contributed by atoms with Gasteiger partial charge in [-0.3, -0.25) is 4.79 Å². The Morgan fingerprint density at radius 1 is 0.967 bits per heavy atom. The molecule has 3 rings (SSSR count). The molecule has 1 aromatic heterocycles. The van der Waals surface area contributed by atoms with Crippen molar-refractivity contribution >= 4 is 28.9 Å². The number of nitrogens with one attached hydrogen (secondary N) is 1. The number of aliphatic hydroxyl groups is 1. The lowest BCUT2D eigenvalue weighted by atomic mass is 10.2. The molecule has 0 saturated heterocycles. The predicted octanol–water partition coefficient (Wildman–Crippen LogP) is 3.61. The summed E-state index contributed by atoms with van der Waals surface area (Å²) in [5.41, 5.74) is 1.07. The Labute approximate surface area is 177 Å². The van der Waals surface area contributed by atoms with Crippen LogP contribution >= 0.6 is 11.3 Å². The van der Waals surface area contributed by atoms with Gasteiger partial charge >= 0.3 is 5.97 Å². The minimum absolute atomic E-state index is 0.0343. The number of hydrogen-bond acceptors (Lipinski definition) is 7. The van der Waals surface area contributed by atoms with Crippen LogP contribution in [0.15, 0.2) is 66.0 Å². The second kappa shape index (κ2) is 10.4. The van der Waals surface area contributed by atoms with Crippen molar-refractivity contribution in [1.82, 2.24) is 0 Å². The summed E-state index contributed by atoms with van der Waals surface area (Å²) in [7, 11) is 1.32. The maximum absolute atomic E-state index is 12.0. The van der Waals surface area contributed by atoms with E-state index in [-0.39, 0.29) is 19.1 Å². The molecule has 30 heavy (non-hydrogen) atoms. The molecule has 2 aromatic carbocycles. The van der Waals surface area contributed by atoms with Crippen LogP contribution in [0.4, 0.5) is 5.69 Å². The second-order valence-corrected chi connectivity index (χ2v) is 7.20. The number of thiophene rings is 1. The number of methoxy groups -OCH3 is 1. The standard InChI is InChI=1S/C22H21NO6S/c1-27-22(26)15-4-8-18(9-5-15)28-13-17(24)14-29-19-10-6-16(7-11-19)23-21(25)20-3-2-12-30-20/h2-12,17,24H,13-14H2,1H3,(H,23,25)/t17-/m1/s1. The number of benzene rings is 2. The van der Waals surface area contributed by atoms with E-state index in [9.17, 15) is 14.7 Å². The molecule has 0 aliphatic rings. The Morgan fingerprint density at radius 2 is 1.57 bits per heavy atom. The number of carbonyl (C=O) groups is 2. The van der Waals surface area contributed by atoms with Gasteiger partial charge < -0.3 is 24.6 Å². The first-order chi connectivity index (χ1) is 14.5. The number of esters is 1. The summed E-state index contributed by atoms with van der Waals surface area (Å²) in [6.45, 7) is 0.0771. The first-order valence-corrected chi connectivity index (χ1v) is 10.00. The third-order valence-electron chi connectivity index (χ3n) is 4.02. The lowest BCUT2D eigenvalue weighted by Gasteiger charge is -2.14. The van der Waals surface area contributed by atoms with Gasteiger partial charge in [0.2, 0.25) is 0 Å². The van der Waals surface area contributed by atoms with Gasteiger partial charge in [0.15, 0.2) is 0 Å². The smallest absolute Gasteiger partial charge is 0.337 e. The third kappa shape index (κ3) is 6.07. The molecule has 0 fully saturated rings. The molecule has 1 heterocycles. The summed E-state index contributed by atoms with van der Waals surface area (Å²) in [6.07, 6.45) is -0.844. The van der Waals surface area contributed by atoms with Gasteiger partial charge in [-0.1, -0.05) is 6.07 Å². The first kappa shape index (κ1) is 21.4. The monoisotopic (exact) mass is 427 g/mol. The van der Waals surface area contributed by atoms with Crippen molar-refractivity contribution in [1.29, 1.82) is 0 Å². The molecule has 8 heteroatoms. The molecule has 1 atom stereocenters. The average Bonchev–Trinajstić information content (AvgIpc) is 3.32. The van der Waals surface area contributed by atoms with Gasteiger partial charge in [0.05, 0.1) is 17.6 Å². The Kier molecular flexibility index (Phi) is 7.42. The van der Waals surface area contributed by atoms with E-state index in [4.69, 9.17) is 9.47 Å². The highest BCUT2D eigenvalue weighted by Gasteiger charge is 2.10. The van der Waals surface area contributed by atoms with Crippen LogP contribution < -0.4 is 14.8 Å². The molecule has 1 amide bonds. The predicted molar refractivity (Wildman–Crippen MR) is 113 cm³/mol. The molecule has 0 unspecified atom stereocenters. The number of ether oxygens (including phenoxy) is 3. The third-order valence-corrected chi connectivity index (χ3v) is 4.89. The fourth-order valence-electron chi connectivity index (χ4n) is 2.47. The van der Waals surface area contributed by atoms with Crippen LogP contribution in [-0.2, 0) is 4.74 Å². The van der Waals surface area contributed by atoms with E-state index in [1.807, 2.05) is 11.4 Å². The molecule has 0 aliphatic heterocycles. The molecule has 2 N–H and O–H groups in total. The highest BCUT2D eigenvalue weighted by atomic mass is 32.1. The van der Waals surface area contributed by atoms with Gasteiger partial charge in [0.25, 0.3) is 5.91 Å². The normalized spacial score (nSPS) is 11.4. The van der Waals surface area contributed by atoms with Crippen molar-refractivity contribution in [2.45, 2.75) is 6.10 Å². The summed E-state index contributed by atoms with van der Waals surface area (Å²) in [4.78, 5) is 24.1. The van der Waals surface area contributed by atoms with Crippen LogP contribution in [0, 0.1) is 0 Å². The number of aliphatic hydroxyl groups excluding tert-OH is 1. The van der Waals surface area contributed by atoms with Gasteiger partial charge in [-0.15, -0.1) is 11.3 Å². The minimum atomic E-state index is -0.844. The first-order valence-electron chi connectivity index (χ1n) is 9.12. The topological polar surface area (TPSA) is 94.1 Å². The van der Waals surface area contributed by atoms with Gasteiger partial charge in [0.1, 0.15) is 30.8 Å². The summed E-state index contributed by atoms with van der Waals surface area (Å²) < 4.78 is 15.7. The molecule has 0 bridgehead atoms. The van der Waals surface area contributed by atoms with Crippen molar-refractivity contribution in [3.05, 3.63) is 76.5 Å². The average molecular weight is 427 g/mol. The number of carbonyl (C=O) groups excluding carboxylic acids is 2. The van der Waals surface area contributed by atoms with Crippen LogP contribution in [-0.4, -0.2) is 43.4 Å². The largest absolute Gasteiger partial charge is 0.491 e. The lowest BCUT2D eigenvalue weighted by molar-refractivity contribution is 0.0597. The van der Waals surface area contributed by atoms with Gasteiger partial charge in [-0.2, -0.15) is 0 Å². The van der Waals surface area contributed by atoms with E-state index in [2.05, 4.69) is 10.1 Å². The fraction of sp³-hybridized carbons (Fsp3) is 0.182. The molecular weight excluding hydrogens is 406 g/mol. The van der Waals surface area contributed by atoms with Crippen molar-refractivity contribution < 1.29 is 28.9 Å². The maximum atomic E-state index is 12.0. The quantitative estimate of drug-likeness (QED) is 0.507. The van der Waals surface area contributed by atoms with Crippen molar-refractivity contribution in [3.8, 4) is 11.5 Å².